The quantitative estimate of drug-likeness (QED) is 0.524. The first-order valence-electron chi connectivity index (χ1n) is 10.1. The molecule has 0 heterocycles. The highest BCUT2D eigenvalue weighted by molar-refractivity contribution is 7.80. The molecule has 1 N–H and O–H groups in total. The SMILES string of the molecule is O=C(O)[C@H](CS)N(Cc1ccccc1)C(=O)OCC1c2ccccc2-c2ccccc21. The Kier molecular flexibility index (Phi) is 6.28. The number of fused-ring (bicyclic) bond motifs is 3. The van der Waals surface area contributed by atoms with Gasteiger partial charge in [0.1, 0.15) is 12.6 Å². The van der Waals surface area contributed by atoms with Gasteiger partial charge in [0.05, 0.1) is 0 Å². The van der Waals surface area contributed by atoms with E-state index in [0.29, 0.717) is 0 Å². The largest absolute Gasteiger partial charge is 0.480 e. The summed E-state index contributed by atoms with van der Waals surface area (Å²) in [6.07, 6.45) is -0.660. The smallest absolute Gasteiger partial charge is 0.410 e. The van der Waals surface area contributed by atoms with Gasteiger partial charge in [-0.25, -0.2) is 9.59 Å². The summed E-state index contributed by atoms with van der Waals surface area (Å²) < 4.78 is 5.70. The first-order chi connectivity index (χ1) is 15.1. The van der Waals surface area contributed by atoms with E-state index in [-0.39, 0.29) is 24.8 Å². The third kappa shape index (κ3) is 4.30. The molecule has 158 valence electrons. The summed E-state index contributed by atoms with van der Waals surface area (Å²) in [6, 6.07) is 24.3. The predicted molar refractivity (Wildman–Crippen MR) is 122 cm³/mol. The van der Waals surface area contributed by atoms with E-state index in [1.807, 2.05) is 66.7 Å². The van der Waals surface area contributed by atoms with Crippen LogP contribution in [0.1, 0.15) is 22.6 Å². The first-order valence-corrected chi connectivity index (χ1v) is 10.7. The Labute approximate surface area is 186 Å². The maximum atomic E-state index is 13.0. The molecular formula is C25H23NO4S. The molecule has 5 nitrogen and oxygen atoms in total. The molecule has 1 atom stereocenters. The Bertz CT molecular complexity index is 1040. The fourth-order valence-electron chi connectivity index (χ4n) is 4.07. The molecule has 0 aromatic heterocycles. The van der Waals surface area contributed by atoms with Crippen LogP contribution in [0.5, 0.6) is 0 Å². The standard InChI is InChI=1S/C25H23NO4S/c27-24(28)23(16-31)26(14-17-8-2-1-3-9-17)25(29)30-15-22-20-12-6-4-10-18(20)19-11-5-7-13-21(19)22/h1-13,22-23,31H,14-16H2,(H,27,28)/t23-/m0/s1. The van der Waals surface area contributed by atoms with Crippen molar-refractivity contribution in [1.82, 2.24) is 4.90 Å². The van der Waals surface area contributed by atoms with Crippen LogP contribution in [0.25, 0.3) is 11.1 Å². The van der Waals surface area contributed by atoms with Gasteiger partial charge in [-0.1, -0.05) is 78.9 Å². The van der Waals surface area contributed by atoms with Crippen molar-refractivity contribution >= 4 is 24.7 Å². The van der Waals surface area contributed by atoms with Gasteiger partial charge in [0.15, 0.2) is 0 Å². The molecule has 0 spiro atoms. The van der Waals surface area contributed by atoms with Crippen LogP contribution in [0.15, 0.2) is 78.9 Å². The van der Waals surface area contributed by atoms with E-state index >= 15 is 0 Å². The lowest BCUT2D eigenvalue weighted by molar-refractivity contribution is -0.142. The number of carboxylic acids is 1. The number of benzene rings is 3. The molecule has 1 aliphatic carbocycles. The first kappa shape index (κ1) is 21.0. The van der Waals surface area contributed by atoms with Crippen LogP contribution in [0, 0.1) is 0 Å². The minimum Gasteiger partial charge on any atom is -0.480 e. The number of carbonyl (C=O) groups is 2. The molecule has 0 saturated carbocycles. The van der Waals surface area contributed by atoms with Crippen LogP contribution in [0.4, 0.5) is 4.79 Å². The fourth-order valence-corrected chi connectivity index (χ4v) is 4.42. The molecule has 3 aromatic rings. The number of carboxylic acid groups (broad SMARTS) is 1. The number of hydrogen-bond acceptors (Lipinski definition) is 4. The van der Waals surface area contributed by atoms with Crippen molar-refractivity contribution in [2.45, 2.75) is 18.5 Å². The van der Waals surface area contributed by atoms with Crippen LogP contribution in [-0.4, -0.2) is 40.5 Å². The monoisotopic (exact) mass is 433 g/mol. The van der Waals surface area contributed by atoms with Gasteiger partial charge in [-0.3, -0.25) is 4.90 Å². The average Bonchev–Trinajstić information content (AvgIpc) is 3.11. The van der Waals surface area contributed by atoms with E-state index in [9.17, 15) is 14.7 Å². The van der Waals surface area contributed by atoms with E-state index in [1.165, 1.54) is 4.90 Å². The minimum atomic E-state index is -1.11. The highest BCUT2D eigenvalue weighted by Crippen LogP contribution is 2.44. The number of aliphatic carboxylic acids is 1. The molecule has 31 heavy (non-hydrogen) atoms. The van der Waals surface area contributed by atoms with Crippen LogP contribution >= 0.6 is 12.6 Å². The molecule has 0 unspecified atom stereocenters. The molecule has 6 heteroatoms. The molecule has 0 aliphatic heterocycles. The summed E-state index contributed by atoms with van der Waals surface area (Å²) in [7, 11) is 0. The Morgan fingerprint density at radius 2 is 1.45 bits per heavy atom. The summed E-state index contributed by atoms with van der Waals surface area (Å²) in [5.41, 5.74) is 5.31. The highest BCUT2D eigenvalue weighted by atomic mass is 32.1. The number of rotatable bonds is 7. The molecule has 1 amide bonds. The second-order valence-corrected chi connectivity index (χ2v) is 7.82. The number of thiol groups is 1. The molecule has 0 bridgehead atoms. The van der Waals surface area contributed by atoms with Gasteiger partial charge in [-0.15, -0.1) is 0 Å². The van der Waals surface area contributed by atoms with Gasteiger partial charge in [-0.2, -0.15) is 12.6 Å². The van der Waals surface area contributed by atoms with E-state index < -0.39 is 18.1 Å². The number of carbonyl (C=O) groups excluding carboxylic acids is 1. The average molecular weight is 434 g/mol. The van der Waals surface area contributed by atoms with E-state index in [1.54, 1.807) is 0 Å². The predicted octanol–water partition coefficient (Wildman–Crippen LogP) is 4.82. The van der Waals surface area contributed by atoms with Crippen LogP contribution in [-0.2, 0) is 16.1 Å². The van der Waals surface area contributed by atoms with Crippen molar-refractivity contribution in [3.63, 3.8) is 0 Å². The molecule has 0 fully saturated rings. The zero-order chi connectivity index (χ0) is 21.8. The Balaban J connectivity index is 1.56. The van der Waals surface area contributed by atoms with Crippen molar-refractivity contribution in [3.05, 3.63) is 95.6 Å². The van der Waals surface area contributed by atoms with Gasteiger partial charge < -0.3 is 9.84 Å². The van der Waals surface area contributed by atoms with Crippen molar-refractivity contribution < 1.29 is 19.4 Å². The number of nitrogens with zero attached hydrogens (tertiary/aromatic N) is 1. The zero-order valence-electron chi connectivity index (χ0n) is 16.8. The Hall–Kier alpha value is -3.25. The van der Waals surface area contributed by atoms with E-state index in [4.69, 9.17) is 4.74 Å². The maximum Gasteiger partial charge on any atom is 0.410 e. The molecule has 0 radical (unpaired) electrons. The van der Waals surface area contributed by atoms with Gasteiger partial charge in [0, 0.05) is 18.2 Å². The Morgan fingerprint density at radius 3 is 2.00 bits per heavy atom. The molecule has 1 aliphatic rings. The Morgan fingerprint density at radius 1 is 0.903 bits per heavy atom. The molecular weight excluding hydrogens is 410 g/mol. The van der Waals surface area contributed by atoms with Crippen LogP contribution < -0.4 is 0 Å². The fraction of sp³-hybridized carbons (Fsp3) is 0.200. The van der Waals surface area contributed by atoms with Crippen molar-refractivity contribution in [2.24, 2.45) is 0 Å². The number of hydrogen-bond donors (Lipinski definition) is 2. The van der Waals surface area contributed by atoms with E-state index in [0.717, 1.165) is 27.8 Å². The highest BCUT2D eigenvalue weighted by Gasteiger charge is 2.33. The number of ether oxygens (including phenoxy) is 1. The lowest BCUT2D eigenvalue weighted by Gasteiger charge is -2.28. The van der Waals surface area contributed by atoms with Gasteiger partial charge in [-0.05, 0) is 27.8 Å². The molecule has 0 saturated heterocycles. The van der Waals surface area contributed by atoms with Crippen molar-refractivity contribution in [3.8, 4) is 11.1 Å². The van der Waals surface area contributed by atoms with E-state index in [2.05, 4.69) is 24.8 Å². The lowest BCUT2D eigenvalue weighted by Crippen LogP contribution is -2.46. The minimum absolute atomic E-state index is 0.00758. The summed E-state index contributed by atoms with van der Waals surface area (Å²) in [5, 5.41) is 9.61. The van der Waals surface area contributed by atoms with Gasteiger partial charge >= 0.3 is 12.1 Å². The lowest BCUT2D eigenvalue weighted by atomic mass is 9.98. The topological polar surface area (TPSA) is 66.8 Å². The molecule has 3 aromatic carbocycles. The maximum absolute atomic E-state index is 13.0. The summed E-state index contributed by atoms with van der Waals surface area (Å²) in [6.45, 7) is 0.270. The van der Waals surface area contributed by atoms with Gasteiger partial charge in [0.2, 0.25) is 0 Å². The summed E-state index contributed by atoms with van der Waals surface area (Å²) in [5.74, 6) is -1.21. The van der Waals surface area contributed by atoms with Crippen molar-refractivity contribution in [1.29, 1.82) is 0 Å². The zero-order valence-corrected chi connectivity index (χ0v) is 17.7. The summed E-state index contributed by atoms with van der Waals surface area (Å²) >= 11 is 4.15. The molecule has 4 rings (SSSR count). The van der Waals surface area contributed by atoms with Gasteiger partial charge in [0.25, 0.3) is 0 Å². The number of amides is 1. The van der Waals surface area contributed by atoms with Crippen LogP contribution in [0.2, 0.25) is 0 Å². The second-order valence-electron chi connectivity index (χ2n) is 7.45. The third-order valence-corrected chi connectivity index (χ3v) is 5.95. The third-order valence-electron chi connectivity index (χ3n) is 5.60. The summed E-state index contributed by atoms with van der Waals surface area (Å²) in [4.78, 5) is 26.0. The second kappa shape index (κ2) is 9.27. The van der Waals surface area contributed by atoms with Crippen molar-refractivity contribution in [2.75, 3.05) is 12.4 Å². The normalized spacial score (nSPS) is 13.2. The van der Waals surface area contributed by atoms with Crippen LogP contribution in [0.3, 0.4) is 0 Å².